The van der Waals surface area contributed by atoms with Crippen LogP contribution in [0, 0.1) is 12.3 Å². The molecular formula is C16H23N3. The van der Waals surface area contributed by atoms with E-state index in [-0.39, 0.29) is 16.9 Å². The van der Waals surface area contributed by atoms with Gasteiger partial charge in [0, 0.05) is 43.1 Å². The first-order valence-electron chi connectivity index (χ1n) is 7.30. The Morgan fingerprint density at radius 2 is 1.74 bits per heavy atom. The molecule has 3 nitrogen and oxygen atoms in total. The van der Waals surface area contributed by atoms with E-state index < -0.39 is 0 Å². The van der Waals surface area contributed by atoms with E-state index in [0.717, 1.165) is 32.8 Å². The van der Waals surface area contributed by atoms with Gasteiger partial charge >= 0.3 is 0 Å². The maximum absolute atomic E-state index is 6.78. The molecule has 0 aliphatic carbocycles. The van der Waals surface area contributed by atoms with Crippen LogP contribution in [0.2, 0.25) is 0 Å². The average Bonchev–Trinajstić information content (AvgIpc) is 2.35. The van der Waals surface area contributed by atoms with E-state index in [1.165, 1.54) is 11.1 Å². The molecule has 1 aromatic rings. The van der Waals surface area contributed by atoms with Crippen molar-refractivity contribution in [3.05, 3.63) is 35.4 Å². The van der Waals surface area contributed by atoms with Gasteiger partial charge in [0.2, 0.25) is 0 Å². The van der Waals surface area contributed by atoms with E-state index in [0.29, 0.717) is 0 Å². The van der Waals surface area contributed by atoms with Gasteiger partial charge in [-0.05, 0) is 18.1 Å². The smallest absolute Gasteiger partial charge is 0.0507 e. The first-order chi connectivity index (χ1) is 9.03. The zero-order valence-electron chi connectivity index (χ0n) is 11.9. The number of aryl methyl sites for hydroxylation is 1. The summed E-state index contributed by atoms with van der Waals surface area (Å²) in [6, 6.07) is 9.10. The summed E-state index contributed by atoms with van der Waals surface area (Å²) < 4.78 is 0. The molecule has 4 fully saturated rings. The van der Waals surface area contributed by atoms with Crippen molar-refractivity contribution in [3.8, 4) is 0 Å². The predicted molar refractivity (Wildman–Crippen MR) is 77.0 cm³/mol. The highest BCUT2D eigenvalue weighted by Gasteiger charge is 2.60. The summed E-state index contributed by atoms with van der Waals surface area (Å²) in [6.45, 7) is 10.3. The van der Waals surface area contributed by atoms with Crippen LogP contribution in [0.3, 0.4) is 0 Å². The van der Waals surface area contributed by atoms with E-state index >= 15 is 0 Å². The minimum atomic E-state index is 0.134. The van der Waals surface area contributed by atoms with Crippen molar-refractivity contribution < 1.29 is 0 Å². The number of nitrogens with zero attached hydrogens (tertiary/aromatic N) is 2. The second-order valence-electron chi connectivity index (χ2n) is 7.22. The molecule has 4 heterocycles. The Morgan fingerprint density at radius 1 is 1.11 bits per heavy atom. The molecule has 1 aromatic carbocycles. The SMILES string of the molecule is Cc1ccccc1C12CN3CN(CC(C)(C3)C1N)C2. The summed E-state index contributed by atoms with van der Waals surface area (Å²) in [6.07, 6.45) is 0. The molecule has 3 heteroatoms. The molecule has 0 saturated carbocycles. The fourth-order valence-electron chi connectivity index (χ4n) is 5.04. The minimum absolute atomic E-state index is 0.134. The van der Waals surface area contributed by atoms with Crippen molar-refractivity contribution in [3.63, 3.8) is 0 Å². The quantitative estimate of drug-likeness (QED) is 0.820. The van der Waals surface area contributed by atoms with Crippen LogP contribution in [0.15, 0.2) is 24.3 Å². The molecule has 4 aliphatic rings. The second kappa shape index (κ2) is 3.60. The Labute approximate surface area is 115 Å². The third-order valence-corrected chi connectivity index (χ3v) is 5.61. The van der Waals surface area contributed by atoms with Crippen molar-refractivity contribution in [2.24, 2.45) is 11.1 Å². The van der Waals surface area contributed by atoms with Crippen LogP contribution in [-0.2, 0) is 5.41 Å². The van der Waals surface area contributed by atoms with Gasteiger partial charge < -0.3 is 5.73 Å². The number of piperidine rings is 2. The molecular weight excluding hydrogens is 234 g/mol. The Bertz CT molecular complexity index is 510. The van der Waals surface area contributed by atoms with E-state index in [4.69, 9.17) is 5.73 Å². The third kappa shape index (κ3) is 1.44. The summed E-state index contributed by atoms with van der Waals surface area (Å²) in [5, 5.41) is 0. The lowest BCUT2D eigenvalue weighted by Crippen LogP contribution is -2.80. The van der Waals surface area contributed by atoms with E-state index in [9.17, 15) is 0 Å². The lowest BCUT2D eigenvalue weighted by Gasteiger charge is -2.67. The number of hydrogen-bond acceptors (Lipinski definition) is 3. The van der Waals surface area contributed by atoms with Crippen LogP contribution in [0.5, 0.6) is 0 Å². The van der Waals surface area contributed by atoms with Crippen LogP contribution in [0.4, 0.5) is 0 Å². The highest BCUT2D eigenvalue weighted by molar-refractivity contribution is 5.40. The Hall–Kier alpha value is -0.900. The molecule has 0 spiro atoms. The lowest BCUT2D eigenvalue weighted by atomic mass is 9.56. The zero-order valence-corrected chi connectivity index (χ0v) is 11.9. The number of benzene rings is 1. The summed E-state index contributed by atoms with van der Waals surface area (Å²) in [5.41, 5.74) is 10.0. The molecule has 102 valence electrons. The first-order valence-corrected chi connectivity index (χ1v) is 7.30. The molecule has 5 rings (SSSR count). The summed E-state index contributed by atoms with van der Waals surface area (Å²) in [5.74, 6) is 0. The first kappa shape index (κ1) is 11.9. The molecule has 4 aliphatic heterocycles. The van der Waals surface area contributed by atoms with Crippen molar-refractivity contribution in [1.82, 2.24) is 9.80 Å². The minimum Gasteiger partial charge on any atom is -0.326 e. The molecule has 4 saturated heterocycles. The van der Waals surface area contributed by atoms with Gasteiger partial charge in [-0.2, -0.15) is 0 Å². The third-order valence-electron chi connectivity index (χ3n) is 5.61. The van der Waals surface area contributed by atoms with Crippen molar-refractivity contribution in [1.29, 1.82) is 0 Å². The topological polar surface area (TPSA) is 32.5 Å². The maximum atomic E-state index is 6.78. The largest absolute Gasteiger partial charge is 0.326 e. The van der Waals surface area contributed by atoms with Gasteiger partial charge in [-0.1, -0.05) is 31.2 Å². The molecule has 0 amide bonds. The van der Waals surface area contributed by atoms with Gasteiger partial charge in [0.25, 0.3) is 0 Å². The van der Waals surface area contributed by atoms with Crippen molar-refractivity contribution in [2.45, 2.75) is 25.3 Å². The molecule has 3 unspecified atom stereocenters. The van der Waals surface area contributed by atoms with E-state index in [1.54, 1.807) is 0 Å². The maximum Gasteiger partial charge on any atom is 0.0507 e. The van der Waals surface area contributed by atoms with Gasteiger partial charge in [0.05, 0.1) is 6.67 Å². The summed E-state index contributed by atoms with van der Waals surface area (Å²) in [7, 11) is 0. The summed E-state index contributed by atoms with van der Waals surface area (Å²) >= 11 is 0. The van der Waals surface area contributed by atoms with Crippen LogP contribution >= 0.6 is 0 Å². The standard InChI is InChI=1S/C16H23N3/c1-12-5-3-4-6-13(12)16-9-18-7-15(2,14(16)17)8-19(10-16)11-18/h3-6,14H,7-11,17H2,1-2H3. The number of nitrogens with two attached hydrogens (primary N) is 1. The van der Waals surface area contributed by atoms with Crippen LogP contribution in [0.1, 0.15) is 18.1 Å². The highest BCUT2D eigenvalue weighted by Crippen LogP contribution is 2.49. The average molecular weight is 257 g/mol. The zero-order chi connectivity index (χ0) is 13.3. The van der Waals surface area contributed by atoms with Gasteiger partial charge in [0.1, 0.15) is 0 Å². The van der Waals surface area contributed by atoms with Gasteiger partial charge in [-0.3, -0.25) is 9.80 Å². The van der Waals surface area contributed by atoms with Gasteiger partial charge in [0.15, 0.2) is 0 Å². The molecule has 0 aromatic heterocycles. The lowest BCUT2D eigenvalue weighted by molar-refractivity contribution is -0.142. The monoisotopic (exact) mass is 257 g/mol. The van der Waals surface area contributed by atoms with Crippen LogP contribution < -0.4 is 5.73 Å². The molecule has 0 radical (unpaired) electrons. The molecule has 2 N–H and O–H groups in total. The predicted octanol–water partition coefficient (Wildman–Crippen LogP) is 1.17. The normalized spacial score (nSPS) is 47.6. The van der Waals surface area contributed by atoms with E-state index in [2.05, 4.69) is 47.9 Å². The second-order valence-corrected chi connectivity index (χ2v) is 7.22. The fraction of sp³-hybridized carbons (Fsp3) is 0.625. The Kier molecular flexibility index (Phi) is 2.25. The molecule has 4 bridgehead atoms. The summed E-state index contributed by atoms with van der Waals surface area (Å²) in [4.78, 5) is 5.20. The highest BCUT2D eigenvalue weighted by atomic mass is 15.4. The van der Waals surface area contributed by atoms with E-state index in [1.807, 2.05) is 0 Å². The Morgan fingerprint density at radius 3 is 2.37 bits per heavy atom. The van der Waals surface area contributed by atoms with Gasteiger partial charge in [-0.25, -0.2) is 0 Å². The van der Waals surface area contributed by atoms with Gasteiger partial charge in [-0.15, -0.1) is 0 Å². The van der Waals surface area contributed by atoms with Crippen LogP contribution in [0.25, 0.3) is 0 Å². The fourth-order valence-corrected chi connectivity index (χ4v) is 5.04. The van der Waals surface area contributed by atoms with Crippen molar-refractivity contribution in [2.75, 3.05) is 32.8 Å². The molecule has 19 heavy (non-hydrogen) atoms. The van der Waals surface area contributed by atoms with Crippen molar-refractivity contribution >= 4 is 0 Å². The Balaban J connectivity index is 1.88. The molecule has 3 atom stereocenters. The number of hydrogen-bond donors (Lipinski definition) is 1. The van der Waals surface area contributed by atoms with Crippen LogP contribution in [-0.4, -0.2) is 48.7 Å². The number of rotatable bonds is 1.